The van der Waals surface area contributed by atoms with Gasteiger partial charge in [-0.1, -0.05) is 6.07 Å². The van der Waals surface area contributed by atoms with Crippen molar-refractivity contribution in [2.45, 2.75) is 13.0 Å². The molecule has 0 amide bonds. The van der Waals surface area contributed by atoms with Crippen LogP contribution in [0.4, 0.5) is 5.69 Å². The summed E-state index contributed by atoms with van der Waals surface area (Å²) >= 11 is 0. The van der Waals surface area contributed by atoms with Crippen LogP contribution in [0.3, 0.4) is 0 Å². The molecule has 3 rings (SSSR count). The quantitative estimate of drug-likeness (QED) is 0.632. The van der Waals surface area contributed by atoms with Crippen molar-refractivity contribution in [3.8, 4) is 0 Å². The van der Waals surface area contributed by atoms with Gasteiger partial charge < -0.3 is 11.1 Å². The highest BCUT2D eigenvalue weighted by Crippen LogP contribution is 2.21. The number of benzene rings is 1. The summed E-state index contributed by atoms with van der Waals surface area (Å²) in [5.74, 6) is 0. The number of hydrogen-bond donors (Lipinski definition) is 2. The van der Waals surface area contributed by atoms with Crippen LogP contribution < -0.4 is 11.1 Å². The van der Waals surface area contributed by atoms with Crippen molar-refractivity contribution in [1.82, 2.24) is 10.3 Å². The van der Waals surface area contributed by atoms with E-state index in [2.05, 4.69) is 16.4 Å². The van der Waals surface area contributed by atoms with Gasteiger partial charge >= 0.3 is 0 Å². The predicted molar refractivity (Wildman–Crippen MR) is 61.6 cm³/mol. The third kappa shape index (κ3) is 1.45. The number of hydrogen-bond acceptors (Lipinski definition) is 3. The van der Waals surface area contributed by atoms with Gasteiger partial charge in [0.25, 0.3) is 0 Å². The van der Waals surface area contributed by atoms with Crippen molar-refractivity contribution in [3.63, 3.8) is 0 Å². The zero-order valence-corrected chi connectivity index (χ0v) is 8.46. The molecule has 3 heteroatoms. The monoisotopic (exact) mass is 199 g/mol. The van der Waals surface area contributed by atoms with Crippen LogP contribution in [0.15, 0.2) is 24.3 Å². The van der Waals surface area contributed by atoms with Gasteiger partial charge in [-0.3, -0.25) is 4.98 Å². The van der Waals surface area contributed by atoms with E-state index in [1.165, 1.54) is 16.6 Å². The summed E-state index contributed by atoms with van der Waals surface area (Å²) in [5, 5.41) is 4.53. The van der Waals surface area contributed by atoms with Crippen LogP contribution in [0.5, 0.6) is 0 Å². The predicted octanol–water partition coefficient (Wildman–Crippen LogP) is 1.46. The summed E-state index contributed by atoms with van der Waals surface area (Å²) in [6.45, 7) is 1.95. The molecule has 2 heterocycles. The maximum Gasteiger partial charge on any atom is 0.0726 e. The first-order chi connectivity index (χ1) is 7.33. The second-order valence-electron chi connectivity index (χ2n) is 3.97. The molecule has 1 aliphatic heterocycles. The van der Waals surface area contributed by atoms with E-state index in [1.54, 1.807) is 0 Å². The average molecular weight is 199 g/mol. The molecule has 1 aliphatic rings. The van der Waals surface area contributed by atoms with Crippen LogP contribution >= 0.6 is 0 Å². The number of rotatable bonds is 0. The number of aromatic nitrogens is 1. The maximum atomic E-state index is 5.75. The molecular weight excluding hydrogens is 186 g/mol. The van der Waals surface area contributed by atoms with Crippen molar-refractivity contribution in [2.24, 2.45) is 0 Å². The first kappa shape index (κ1) is 8.68. The molecular formula is C12H13N3. The molecule has 1 aromatic carbocycles. The van der Waals surface area contributed by atoms with Crippen molar-refractivity contribution < 1.29 is 0 Å². The highest BCUT2D eigenvalue weighted by molar-refractivity contribution is 5.82. The topological polar surface area (TPSA) is 50.9 Å². The molecule has 0 unspecified atom stereocenters. The summed E-state index contributed by atoms with van der Waals surface area (Å²) in [7, 11) is 0. The van der Waals surface area contributed by atoms with Crippen LogP contribution in [0.1, 0.15) is 11.3 Å². The lowest BCUT2D eigenvalue weighted by molar-refractivity contribution is 0.633. The van der Waals surface area contributed by atoms with Crippen molar-refractivity contribution in [2.75, 3.05) is 12.3 Å². The van der Waals surface area contributed by atoms with Gasteiger partial charge in [0.15, 0.2) is 0 Å². The number of anilines is 1. The van der Waals surface area contributed by atoms with E-state index in [-0.39, 0.29) is 0 Å². The van der Waals surface area contributed by atoms with E-state index < -0.39 is 0 Å². The van der Waals surface area contributed by atoms with E-state index in [0.717, 1.165) is 30.7 Å². The van der Waals surface area contributed by atoms with Crippen LogP contribution in [0.25, 0.3) is 10.9 Å². The molecule has 0 saturated heterocycles. The Bertz CT molecular complexity index is 520. The van der Waals surface area contributed by atoms with Gasteiger partial charge in [-0.2, -0.15) is 0 Å². The van der Waals surface area contributed by atoms with Gasteiger partial charge in [0.05, 0.1) is 5.52 Å². The Morgan fingerprint density at radius 3 is 3.13 bits per heavy atom. The second-order valence-corrected chi connectivity index (χ2v) is 3.97. The largest absolute Gasteiger partial charge is 0.399 e. The van der Waals surface area contributed by atoms with Gasteiger partial charge in [-0.25, -0.2) is 0 Å². The number of nitrogens with one attached hydrogen (secondary N) is 1. The van der Waals surface area contributed by atoms with E-state index in [9.17, 15) is 0 Å². The standard InChI is InChI=1S/C12H13N3/c13-10-2-1-8-5-9-7-14-4-3-11(9)15-12(8)6-10/h1-2,5-6,14H,3-4,7,13H2. The normalized spacial score (nSPS) is 15.2. The summed E-state index contributed by atoms with van der Waals surface area (Å²) < 4.78 is 0. The number of nitrogen functional groups attached to an aromatic ring is 1. The van der Waals surface area contributed by atoms with E-state index in [1.807, 2.05) is 18.2 Å². The minimum Gasteiger partial charge on any atom is -0.399 e. The Labute approximate surface area is 88.3 Å². The second kappa shape index (κ2) is 3.21. The third-order valence-corrected chi connectivity index (χ3v) is 2.86. The molecule has 0 fully saturated rings. The molecule has 0 aliphatic carbocycles. The minimum atomic E-state index is 0.781. The Morgan fingerprint density at radius 1 is 1.27 bits per heavy atom. The first-order valence-corrected chi connectivity index (χ1v) is 5.22. The number of nitrogens with zero attached hydrogens (tertiary/aromatic N) is 1. The SMILES string of the molecule is Nc1ccc2cc3c(nc2c1)CCNC3. The number of fused-ring (bicyclic) bond motifs is 2. The lowest BCUT2D eigenvalue weighted by Gasteiger charge is -2.16. The summed E-state index contributed by atoms with van der Waals surface area (Å²) in [5.41, 5.74) is 10.1. The molecule has 3 N–H and O–H groups in total. The van der Waals surface area contributed by atoms with Crippen molar-refractivity contribution in [1.29, 1.82) is 0 Å². The maximum absolute atomic E-state index is 5.75. The summed E-state index contributed by atoms with van der Waals surface area (Å²) in [4.78, 5) is 4.66. The zero-order valence-electron chi connectivity index (χ0n) is 8.46. The van der Waals surface area contributed by atoms with Crippen LogP contribution in [-0.2, 0) is 13.0 Å². The fourth-order valence-electron chi connectivity index (χ4n) is 2.07. The molecule has 76 valence electrons. The Kier molecular flexibility index (Phi) is 1.86. The number of pyridine rings is 1. The highest BCUT2D eigenvalue weighted by Gasteiger charge is 2.10. The zero-order chi connectivity index (χ0) is 10.3. The minimum absolute atomic E-state index is 0.781. The molecule has 3 nitrogen and oxygen atoms in total. The fraction of sp³-hybridized carbons (Fsp3) is 0.250. The van der Waals surface area contributed by atoms with Gasteiger partial charge in [0.2, 0.25) is 0 Å². The Morgan fingerprint density at radius 2 is 2.20 bits per heavy atom. The Balaban J connectivity index is 2.26. The number of nitrogens with two attached hydrogens (primary N) is 1. The molecule has 1 aromatic heterocycles. The molecule has 0 bridgehead atoms. The van der Waals surface area contributed by atoms with E-state index in [0.29, 0.717) is 0 Å². The van der Waals surface area contributed by atoms with Crippen LogP contribution in [0.2, 0.25) is 0 Å². The third-order valence-electron chi connectivity index (χ3n) is 2.86. The molecule has 15 heavy (non-hydrogen) atoms. The van der Waals surface area contributed by atoms with E-state index >= 15 is 0 Å². The fourth-order valence-corrected chi connectivity index (χ4v) is 2.07. The van der Waals surface area contributed by atoms with Gasteiger partial charge in [0.1, 0.15) is 0 Å². The first-order valence-electron chi connectivity index (χ1n) is 5.22. The molecule has 2 aromatic rings. The molecule has 0 spiro atoms. The van der Waals surface area contributed by atoms with Gasteiger partial charge in [-0.15, -0.1) is 0 Å². The van der Waals surface area contributed by atoms with E-state index in [4.69, 9.17) is 5.73 Å². The summed E-state index contributed by atoms with van der Waals surface area (Å²) in [6, 6.07) is 8.11. The molecule has 0 radical (unpaired) electrons. The summed E-state index contributed by atoms with van der Waals surface area (Å²) in [6.07, 6.45) is 1.01. The van der Waals surface area contributed by atoms with Crippen molar-refractivity contribution >= 4 is 16.6 Å². The smallest absolute Gasteiger partial charge is 0.0726 e. The van der Waals surface area contributed by atoms with Gasteiger partial charge in [-0.05, 0) is 23.8 Å². The van der Waals surface area contributed by atoms with Crippen LogP contribution in [-0.4, -0.2) is 11.5 Å². The molecule has 0 saturated carbocycles. The van der Waals surface area contributed by atoms with Crippen molar-refractivity contribution in [3.05, 3.63) is 35.5 Å². The van der Waals surface area contributed by atoms with Gasteiger partial charge in [0, 0.05) is 36.3 Å². The Hall–Kier alpha value is -1.61. The van der Waals surface area contributed by atoms with Crippen LogP contribution in [0, 0.1) is 0 Å². The highest BCUT2D eigenvalue weighted by atomic mass is 14.9. The molecule has 0 atom stereocenters. The lowest BCUT2D eigenvalue weighted by Crippen LogP contribution is -2.24. The lowest BCUT2D eigenvalue weighted by atomic mass is 10.0. The average Bonchev–Trinajstić information content (AvgIpc) is 2.26.